The highest BCUT2D eigenvalue weighted by Gasteiger charge is 2.32. The number of thioether (sulfide) groups is 1. The molecule has 3 aromatic rings. The number of likely N-dealkylation sites (N-methyl/N-ethyl adjacent to an activating group) is 1. The van der Waals surface area contributed by atoms with Crippen molar-refractivity contribution in [2.24, 2.45) is 0 Å². The van der Waals surface area contributed by atoms with Crippen molar-refractivity contribution < 1.29 is 23.5 Å². The van der Waals surface area contributed by atoms with Gasteiger partial charge >= 0.3 is 5.97 Å². The number of benzene rings is 2. The molecule has 2 aliphatic heterocycles. The van der Waals surface area contributed by atoms with Crippen molar-refractivity contribution in [2.75, 3.05) is 33.4 Å². The first-order valence-electron chi connectivity index (χ1n) is 12.9. The Morgan fingerprint density at radius 2 is 1.90 bits per heavy atom. The molecule has 1 atom stereocenters. The lowest BCUT2D eigenvalue weighted by atomic mass is 10.1. The second kappa shape index (κ2) is 12.7. The summed E-state index contributed by atoms with van der Waals surface area (Å²) in [5.74, 6) is 0.666. The summed E-state index contributed by atoms with van der Waals surface area (Å²) in [5, 5.41) is 0. The zero-order valence-corrected chi connectivity index (χ0v) is 23.3. The van der Waals surface area contributed by atoms with Crippen LogP contribution in [0.3, 0.4) is 0 Å². The molecule has 2 fully saturated rings. The van der Waals surface area contributed by atoms with Crippen LogP contribution in [0.5, 0.6) is 0 Å². The molecule has 0 N–H and O–H groups in total. The molecule has 1 unspecified atom stereocenters. The van der Waals surface area contributed by atoms with E-state index in [4.69, 9.17) is 26.1 Å². The first kappa shape index (κ1) is 27.3. The minimum atomic E-state index is -0.386. The van der Waals surface area contributed by atoms with E-state index in [1.54, 1.807) is 23.1 Å². The molecule has 0 radical (unpaired) electrons. The van der Waals surface area contributed by atoms with Gasteiger partial charge in [0.25, 0.3) is 5.91 Å². The molecule has 3 heterocycles. The van der Waals surface area contributed by atoms with E-state index in [0.29, 0.717) is 39.5 Å². The summed E-state index contributed by atoms with van der Waals surface area (Å²) in [7, 11) is 2.09. The fourth-order valence-electron chi connectivity index (χ4n) is 4.58. The van der Waals surface area contributed by atoms with E-state index < -0.39 is 0 Å². The van der Waals surface area contributed by atoms with Gasteiger partial charge in [-0.3, -0.25) is 9.69 Å². The number of esters is 1. The third-order valence-electron chi connectivity index (χ3n) is 6.61. The number of hydrogen-bond acceptors (Lipinski definition) is 8. The Bertz CT molecular complexity index is 1350. The number of carbonyl (C=O) groups is 2. The van der Waals surface area contributed by atoms with Crippen LogP contribution in [-0.4, -0.2) is 65.5 Å². The lowest BCUT2D eigenvalue weighted by Gasteiger charge is -2.29. The molecule has 0 bridgehead atoms. The topological polar surface area (TPSA) is 72.2 Å². The number of ether oxygens (including phenoxy) is 2. The van der Waals surface area contributed by atoms with Gasteiger partial charge in [0.15, 0.2) is 0 Å². The molecule has 1 aromatic heterocycles. The van der Waals surface area contributed by atoms with E-state index >= 15 is 0 Å². The van der Waals surface area contributed by atoms with Crippen molar-refractivity contribution in [3.63, 3.8) is 0 Å². The summed E-state index contributed by atoms with van der Waals surface area (Å²) in [6.07, 6.45) is 4.08. The number of furan rings is 1. The number of amides is 1. The summed E-state index contributed by atoms with van der Waals surface area (Å²) in [5.41, 5.74) is 2.29. The maximum absolute atomic E-state index is 12.9. The monoisotopic (exact) mass is 562 g/mol. The van der Waals surface area contributed by atoms with Crippen LogP contribution in [0.25, 0.3) is 17.4 Å². The third kappa shape index (κ3) is 7.05. The van der Waals surface area contributed by atoms with E-state index in [2.05, 4.69) is 11.9 Å². The Morgan fingerprint density at radius 1 is 1.10 bits per heavy atom. The summed E-state index contributed by atoms with van der Waals surface area (Å²) in [6, 6.07) is 20.5. The number of rotatable bonds is 9. The van der Waals surface area contributed by atoms with E-state index in [-0.39, 0.29) is 24.6 Å². The van der Waals surface area contributed by atoms with Crippen molar-refractivity contribution in [1.82, 2.24) is 9.80 Å². The third-order valence-corrected chi connectivity index (χ3v) is 7.99. The summed E-state index contributed by atoms with van der Waals surface area (Å²) < 4.78 is 17.7. The van der Waals surface area contributed by atoms with Crippen LogP contribution >= 0.6 is 24.0 Å². The van der Waals surface area contributed by atoms with Crippen LogP contribution in [0.4, 0.5) is 0 Å². The summed E-state index contributed by atoms with van der Waals surface area (Å²) in [6.45, 7) is 3.06. The molecule has 2 aliphatic rings. The number of carbonyl (C=O) groups excluding carboxylic acids is 2. The van der Waals surface area contributed by atoms with E-state index in [1.807, 2.05) is 54.6 Å². The average molecular weight is 563 g/mol. The minimum absolute atomic E-state index is 0.133. The molecule has 1 amide bonds. The molecule has 7 nitrogen and oxygen atoms in total. The van der Waals surface area contributed by atoms with Gasteiger partial charge in [-0.15, -0.1) is 0 Å². The lowest BCUT2D eigenvalue weighted by Crippen LogP contribution is -2.37. The van der Waals surface area contributed by atoms with Crippen LogP contribution in [0.15, 0.2) is 76.1 Å². The van der Waals surface area contributed by atoms with Crippen molar-refractivity contribution in [3.05, 3.63) is 88.5 Å². The first-order chi connectivity index (χ1) is 19.0. The van der Waals surface area contributed by atoms with Gasteiger partial charge in [-0.1, -0.05) is 66.4 Å². The lowest BCUT2D eigenvalue weighted by molar-refractivity contribution is -0.122. The Balaban J connectivity index is 1.14. The highest BCUT2D eigenvalue weighted by atomic mass is 32.2. The van der Waals surface area contributed by atoms with Gasteiger partial charge in [0.2, 0.25) is 0 Å². The molecule has 5 rings (SSSR count). The number of piperidine rings is 1. The summed E-state index contributed by atoms with van der Waals surface area (Å²) >= 11 is 6.71. The molecule has 0 saturated carbocycles. The molecule has 0 aliphatic carbocycles. The number of thiocarbonyl (C=S) groups is 1. The normalized spacial score (nSPS) is 19.2. The molecule has 2 aromatic carbocycles. The van der Waals surface area contributed by atoms with Gasteiger partial charge in [0, 0.05) is 18.2 Å². The van der Waals surface area contributed by atoms with E-state index in [1.165, 1.54) is 11.8 Å². The molecular weight excluding hydrogens is 532 g/mol. The van der Waals surface area contributed by atoms with Crippen molar-refractivity contribution in [2.45, 2.75) is 25.5 Å². The van der Waals surface area contributed by atoms with Gasteiger partial charge < -0.3 is 18.8 Å². The van der Waals surface area contributed by atoms with Crippen LogP contribution < -0.4 is 0 Å². The number of hydrogen-bond donors (Lipinski definition) is 0. The average Bonchev–Trinajstić information content (AvgIpc) is 3.52. The molecule has 9 heteroatoms. The maximum Gasteiger partial charge on any atom is 0.338 e. The fourth-order valence-corrected chi connectivity index (χ4v) is 5.81. The van der Waals surface area contributed by atoms with Crippen molar-refractivity contribution in [1.29, 1.82) is 0 Å². The molecule has 202 valence electrons. The van der Waals surface area contributed by atoms with E-state index in [9.17, 15) is 9.59 Å². The fraction of sp³-hybridized carbons (Fsp3) is 0.300. The van der Waals surface area contributed by atoms with E-state index in [0.717, 1.165) is 37.1 Å². The standard InChI is InChI=1S/C30H30N2O5S2/c1-31-15-5-8-25(20-31)35-16-17-36-29(34)23-11-9-22(10-12-23)26-14-13-24(37-26)18-27-28(33)32(30(38)39-27)19-21-6-3-2-4-7-21/h2-4,6-7,9-14,18,25H,5,8,15-17,19-20H2,1H3/b27-18+. The van der Waals surface area contributed by atoms with Gasteiger partial charge in [-0.05, 0) is 56.3 Å². The second-order valence-electron chi connectivity index (χ2n) is 9.57. The van der Waals surface area contributed by atoms with Gasteiger partial charge in [0.1, 0.15) is 22.4 Å². The minimum Gasteiger partial charge on any atom is -0.460 e. The van der Waals surface area contributed by atoms with Crippen LogP contribution in [0, 0.1) is 0 Å². The Hall–Kier alpha value is -3.24. The van der Waals surface area contributed by atoms with Crippen LogP contribution in [0.1, 0.15) is 34.5 Å². The molecular formula is C30H30N2O5S2. The van der Waals surface area contributed by atoms with Gasteiger partial charge in [-0.2, -0.15) is 0 Å². The Morgan fingerprint density at radius 3 is 2.67 bits per heavy atom. The number of likely N-dealkylation sites (tertiary alicyclic amines) is 1. The quantitative estimate of drug-likeness (QED) is 0.144. The highest BCUT2D eigenvalue weighted by Crippen LogP contribution is 2.34. The van der Waals surface area contributed by atoms with Crippen LogP contribution in [-0.2, 0) is 20.8 Å². The Kier molecular flexibility index (Phi) is 8.93. The molecule has 0 spiro atoms. The predicted octanol–water partition coefficient (Wildman–Crippen LogP) is 5.62. The zero-order chi connectivity index (χ0) is 27.2. The van der Waals surface area contributed by atoms with Crippen molar-refractivity contribution in [3.8, 4) is 11.3 Å². The number of nitrogens with zero attached hydrogens (tertiary/aromatic N) is 2. The zero-order valence-electron chi connectivity index (χ0n) is 21.7. The van der Waals surface area contributed by atoms with Gasteiger partial charge in [0.05, 0.1) is 29.7 Å². The molecule has 2 saturated heterocycles. The predicted molar refractivity (Wildman–Crippen MR) is 156 cm³/mol. The smallest absolute Gasteiger partial charge is 0.338 e. The summed E-state index contributed by atoms with van der Waals surface area (Å²) in [4.78, 5) is 29.7. The maximum atomic E-state index is 12.9. The highest BCUT2D eigenvalue weighted by molar-refractivity contribution is 8.26. The SMILES string of the molecule is CN1CCCC(OCCOC(=O)c2ccc(-c3ccc(/C=C4/SC(=S)N(Cc5ccccc5)C4=O)o3)cc2)C1. The first-order valence-corrected chi connectivity index (χ1v) is 14.2. The second-order valence-corrected chi connectivity index (χ2v) is 11.2. The molecule has 39 heavy (non-hydrogen) atoms. The largest absolute Gasteiger partial charge is 0.460 e. The Labute approximate surface area is 237 Å². The van der Waals surface area contributed by atoms with Crippen LogP contribution in [0.2, 0.25) is 0 Å². The van der Waals surface area contributed by atoms with Crippen molar-refractivity contribution >= 4 is 46.3 Å². The van der Waals surface area contributed by atoms with Gasteiger partial charge in [-0.25, -0.2) is 4.79 Å².